The number of halogens is 1. The summed E-state index contributed by atoms with van der Waals surface area (Å²) >= 11 is 0. The molecule has 3 atom stereocenters. The number of likely N-dealkylation sites (N-methyl/N-ethyl adjacent to an activating group) is 2. The van der Waals surface area contributed by atoms with Gasteiger partial charge in [-0.25, -0.2) is 14.4 Å². The molecule has 0 radical (unpaired) electrons. The molecule has 3 unspecified atom stereocenters. The van der Waals surface area contributed by atoms with Crippen LogP contribution < -0.4 is 16.4 Å². The van der Waals surface area contributed by atoms with Crippen molar-refractivity contribution in [2.24, 2.45) is 0 Å². The summed E-state index contributed by atoms with van der Waals surface area (Å²) in [6, 6.07) is 0. The van der Waals surface area contributed by atoms with Crippen molar-refractivity contribution in [2.75, 3.05) is 47.7 Å². The molecule has 0 saturated carbocycles. The van der Waals surface area contributed by atoms with Crippen molar-refractivity contribution >= 4 is 5.71 Å². The van der Waals surface area contributed by atoms with Crippen LogP contribution in [0, 0.1) is 0 Å². The fraction of sp³-hybridized carbons (Fsp3) is 0.643. The van der Waals surface area contributed by atoms with E-state index in [1.165, 1.54) is 5.71 Å². The van der Waals surface area contributed by atoms with Crippen LogP contribution in [0.4, 0.5) is 4.39 Å². The van der Waals surface area contributed by atoms with E-state index in [2.05, 4.69) is 52.6 Å². The van der Waals surface area contributed by atoms with Gasteiger partial charge in [-0.3, -0.25) is 9.38 Å². The fourth-order valence-electron chi connectivity index (χ4n) is 2.39. The van der Waals surface area contributed by atoms with Gasteiger partial charge in [0.2, 0.25) is 5.71 Å². The lowest BCUT2D eigenvalue weighted by Crippen LogP contribution is -2.51. The first-order chi connectivity index (χ1) is 10.5. The van der Waals surface area contributed by atoms with Gasteiger partial charge in [0.1, 0.15) is 19.5 Å². The molecule has 1 saturated heterocycles. The number of nitrogens with one attached hydrogen (secondary N) is 3. The first kappa shape index (κ1) is 17.2. The fourth-order valence-corrected chi connectivity index (χ4v) is 2.39. The van der Waals surface area contributed by atoms with E-state index in [4.69, 9.17) is 4.74 Å². The van der Waals surface area contributed by atoms with Crippen LogP contribution in [0.25, 0.3) is 0 Å². The summed E-state index contributed by atoms with van der Waals surface area (Å²) in [5, 5.41) is 0. The molecule has 1 fully saturated rings. The predicted octanol–water partition coefficient (Wildman–Crippen LogP) is -0.673. The van der Waals surface area contributed by atoms with Gasteiger partial charge in [0, 0.05) is 0 Å². The zero-order chi connectivity index (χ0) is 16.2. The van der Waals surface area contributed by atoms with E-state index in [1.807, 2.05) is 19.4 Å². The van der Waals surface area contributed by atoms with Crippen LogP contribution in [0.15, 0.2) is 25.1 Å². The van der Waals surface area contributed by atoms with Gasteiger partial charge in [-0.05, 0) is 13.6 Å². The quantitative estimate of drug-likeness (QED) is 0.105. The molecular formula is C14H27FN6O+2. The van der Waals surface area contributed by atoms with Gasteiger partial charge in [-0.15, -0.1) is 0 Å². The molecular weight excluding hydrogens is 287 g/mol. The molecule has 2 rings (SSSR count). The van der Waals surface area contributed by atoms with Gasteiger partial charge < -0.3 is 4.74 Å². The third kappa shape index (κ3) is 4.19. The number of hydrogen-bond acceptors (Lipinski definition) is 5. The molecule has 0 bridgehead atoms. The third-order valence-electron chi connectivity index (χ3n) is 4.09. The smallest absolute Gasteiger partial charge is 0.214 e. The maximum Gasteiger partial charge on any atom is 0.214 e. The first-order valence-electron chi connectivity index (χ1n) is 7.39. The minimum absolute atomic E-state index is 0.145. The van der Waals surface area contributed by atoms with E-state index in [9.17, 15) is 4.39 Å². The van der Waals surface area contributed by atoms with Crippen LogP contribution in [-0.2, 0) is 4.74 Å². The van der Waals surface area contributed by atoms with Crippen molar-refractivity contribution in [2.45, 2.75) is 12.3 Å². The van der Waals surface area contributed by atoms with Gasteiger partial charge in [0.25, 0.3) is 0 Å². The maximum atomic E-state index is 12.0. The molecule has 0 amide bonds. The Bertz CT molecular complexity index is 468. The Morgan fingerprint density at radius 2 is 2.32 bits per heavy atom. The highest BCUT2D eigenvalue weighted by Gasteiger charge is 2.50. The first-order valence-corrected chi connectivity index (χ1v) is 7.39. The van der Waals surface area contributed by atoms with Gasteiger partial charge in [0.05, 0.1) is 25.9 Å². The Morgan fingerprint density at radius 3 is 3.00 bits per heavy atom. The standard InChI is InChI=1S/C14H27FN6O/c1-5-21(4,11-17-18-16-10-15)9-6-12-13-14(22-13)20(3)8-7-19(12)2/h5-6,9,13-14,16-18H,1,7-8,10-11H2,2-4H3/q+2/b9-6-. The maximum absolute atomic E-state index is 12.0. The second-order valence-electron chi connectivity index (χ2n) is 5.89. The Labute approximate surface area is 131 Å². The summed E-state index contributed by atoms with van der Waals surface area (Å²) in [5.41, 5.74) is 9.01. The summed E-state index contributed by atoms with van der Waals surface area (Å²) < 4.78 is 20.4. The van der Waals surface area contributed by atoms with Crippen molar-refractivity contribution in [1.82, 2.24) is 21.3 Å². The summed E-state index contributed by atoms with van der Waals surface area (Å²) in [6.07, 6.45) is 6.30. The number of epoxide rings is 1. The predicted molar refractivity (Wildman–Crippen MR) is 83.1 cm³/mol. The largest absolute Gasteiger partial charge is 0.341 e. The van der Waals surface area contributed by atoms with Crippen molar-refractivity contribution in [3.63, 3.8) is 0 Å². The Kier molecular flexibility index (Phi) is 5.79. The minimum Gasteiger partial charge on any atom is -0.341 e. The monoisotopic (exact) mass is 314 g/mol. The highest BCUT2D eigenvalue weighted by Crippen LogP contribution is 2.28. The van der Waals surface area contributed by atoms with E-state index in [0.717, 1.165) is 13.1 Å². The molecule has 7 nitrogen and oxygen atoms in total. The Balaban J connectivity index is 2.00. The van der Waals surface area contributed by atoms with Crippen molar-refractivity contribution in [3.05, 3.63) is 25.1 Å². The van der Waals surface area contributed by atoms with Gasteiger partial charge >= 0.3 is 0 Å². The topological polar surface area (TPSA) is 54.9 Å². The van der Waals surface area contributed by atoms with Crippen LogP contribution in [-0.4, -0.2) is 79.7 Å². The second-order valence-corrected chi connectivity index (χ2v) is 5.89. The number of hydrogen-bond donors (Lipinski definition) is 3. The van der Waals surface area contributed by atoms with Crippen LogP contribution in [0.5, 0.6) is 0 Å². The Hall–Kier alpha value is -1.16. The summed E-state index contributed by atoms with van der Waals surface area (Å²) in [5.74, 6) is 0. The molecule has 2 aliphatic rings. The zero-order valence-corrected chi connectivity index (χ0v) is 13.6. The van der Waals surface area contributed by atoms with E-state index in [1.54, 1.807) is 0 Å². The normalized spacial score (nSPS) is 28.4. The lowest BCUT2D eigenvalue weighted by atomic mass is 10.2. The van der Waals surface area contributed by atoms with Gasteiger partial charge in [-0.2, -0.15) is 11.0 Å². The number of nitrogens with zero attached hydrogens (tertiary/aromatic N) is 3. The molecule has 2 aliphatic heterocycles. The summed E-state index contributed by atoms with van der Waals surface area (Å²) in [7, 11) is 6.17. The molecule has 3 N–H and O–H groups in total. The van der Waals surface area contributed by atoms with Gasteiger partial charge in [-0.1, -0.05) is 0 Å². The number of fused-ring (bicyclic) bond motifs is 1. The van der Waals surface area contributed by atoms with Gasteiger partial charge in [0.15, 0.2) is 26.1 Å². The number of alkyl halides is 1. The molecule has 0 aliphatic carbocycles. The zero-order valence-electron chi connectivity index (χ0n) is 13.6. The minimum atomic E-state index is -0.642. The highest BCUT2D eigenvalue weighted by atomic mass is 19.1. The molecule has 2 heterocycles. The molecule has 0 aromatic carbocycles. The SMILES string of the molecule is C=C[N+](C)(/C=C\C1=[N+](C)CCN(C)C2OC12)CNNNCF. The van der Waals surface area contributed by atoms with Crippen molar-refractivity contribution < 1.29 is 18.2 Å². The lowest BCUT2D eigenvalue weighted by Gasteiger charge is -2.25. The van der Waals surface area contributed by atoms with E-state index < -0.39 is 6.80 Å². The van der Waals surface area contributed by atoms with E-state index >= 15 is 0 Å². The highest BCUT2D eigenvalue weighted by molar-refractivity contribution is 5.96. The van der Waals surface area contributed by atoms with Crippen molar-refractivity contribution in [1.29, 1.82) is 0 Å². The molecule has 0 spiro atoms. The van der Waals surface area contributed by atoms with Crippen molar-refractivity contribution in [3.8, 4) is 0 Å². The lowest BCUT2D eigenvalue weighted by molar-refractivity contribution is -0.810. The summed E-state index contributed by atoms with van der Waals surface area (Å²) in [6.45, 7) is 5.72. The van der Waals surface area contributed by atoms with Crippen LogP contribution in [0.2, 0.25) is 0 Å². The average molecular weight is 314 g/mol. The van der Waals surface area contributed by atoms with Crippen LogP contribution in [0.1, 0.15) is 0 Å². The van der Waals surface area contributed by atoms with E-state index in [-0.39, 0.29) is 12.3 Å². The number of ether oxygens (including phenoxy) is 1. The van der Waals surface area contributed by atoms with Crippen LogP contribution >= 0.6 is 0 Å². The number of quaternary nitrogens is 1. The number of rotatable bonds is 8. The molecule has 8 heteroatoms. The summed E-state index contributed by atoms with van der Waals surface area (Å²) in [4.78, 5) is 2.23. The third-order valence-corrected chi connectivity index (χ3v) is 4.09. The molecule has 124 valence electrons. The average Bonchev–Trinajstić information content (AvgIpc) is 3.30. The molecule has 0 aromatic heterocycles. The Morgan fingerprint density at radius 1 is 1.55 bits per heavy atom. The second kappa shape index (κ2) is 7.40. The number of hydrazine groups is 2. The molecule has 0 aromatic rings. The molecule has 22 heavy (non-hydrogen) atoms. The van der Waals surface area contributed by atoms with E-state index in [0.29, 0.717) is 11.2 Å². The van der Waals surface area contributed by atoms with Crippen LogP contribution in [0.3, 0.4) is 0 Å².